The zero-order chi connectivity index (χ0) is 12.2. The second-order valence-corrected chi connectivity index (χ2v) is 5.80. The Morgan fingerprint density at radius 2 is 2.19 bits per heavy atom. The van der Waals surface area contributed by atoms with Crippen molar-refractivity contribution in [1.82, 2.24) is 10.3 Å². The van der Waals surface area contributed by atoms with Gasteiger partial charge in [-0.25, -0.2) is 8.42 Å². The van der Waals surface area contributed by atoms with Crippen LogP contribution < -0.4 is 10.0 Å². The highest BCUT2D eigenvalue weighted by Gasteiger charge is 2.19. The lowest BCUT2D eigenvalue weighted by molar-refractivity contribution is 0.584. The minimum Gasteiger partial charge on any atom is -0.318 e. The van der Waals surface area contributed by atoms with Crippen molar-refractivity contribution >= 4 is 15.7 Å². The molecule has 0 saturated heterocycles. The summed E-state index contributed by atoms with van der Waals surface area (Å²) in [6.07, 6.45) is 1.58. The molecule has 90 valence electrons. The van der Waals surface area contributed by atoms with Gasteiger partial charge in [-0.05, 0) is 33.0 Å². The molecule has 0 spiro atoms. The molecule has 1 atom stereocenters. The third kappa shape index (κ3) is 3.46. The summed E-state index contributed by atoms with van der Waals surface area (Å²) in [4.78, 5) is 4.00. The molecule has 0 saturated carbocycles. The molecule has 2 N–H and O–H groups in total. The van der Waals surface area contributed by atoms with E-state index in [-0.39, 0.29) is 0 Å². The number of pyridine rings is 1. The lowest BCUT2D eigenvalue weighted by atomic mass is 10.3. The van der Waals surface area contributed by atoms with Gasteiger partial charge in [-0.3, -0.25) is 9.71 Å². The molecule has 0 bridgehead atoms. The summed E-state index contributed by atoms with van der Waals surface area (Å²) < 4.78 is 26.2. The van der Waals surface area contributed by atoms with Gasteiger partial charge in [0.2, 0.25) is 10.0 Å². The minimum absolute atomic E-state index is 0.416. The third-order valence-electron chi connectivity index (χ3n) is 2.18. The van der Waals surface area contributed by atoms with Crippen LogP contribution in [-0.4, -0.2) is 32.2 Å². The molecular weight excluding hydrogens is 226 g/mol. The molecular formula is C10H17N3O2S. The molecule has 1 aromatic heterocycles. The summed E-state index contributed by atoms with van der Waals surface area (Å²) in [5.41, 5.74) is 1.33. The zero-order valence-electron chi connectivity index (χ0n) is 9.69. The van der Waals surface area contributed by atoms with Crippen LogP contribution in [0.5, 0.6) is 0 Å². The van der Waals surface area contributed by atoms with Gasteiger partial charge >= 0.3 is 0 Å². The Morgan fingerprint density at radius 3 is 2.75 bits per heavy atom. The van der Waals surface area contributed by atoms with Crippen LogP contribution in [0.25, 0.3) is 0 Å². The van der Waals surface area contributed by atoms with E-state index in [1.807, 2.05) is 6.92 Å². The molecule has 0 fully saturated rings. The second kappa shape index (κ2) is 5.27. The van der Waals surface area contributed by atoms with Crippen LogP contribution in [-0.2, 0) is 10.0 Å². The van der Waals surface area contributed by atoms with E-state index in [0.717, 1.165) is 5.69 Å². The monoisotopic (exact) mass is 243 g/mol. The average Bonchev–Trinajstić information content (AvgIpc) is 2.17. The Bertz CT molecular complexity index is 445. The van der Waals surface area contributed by atoms with Crippen molar-refractivity contribution in [2.45, 2.75) is 19.1 Å². The van der Waals surface area contributed by atoms with Crippen LogP contribution in [0.4, 0.5) is 5.69 Å². The molecule has 0 aliphatic heterocycles. The quantitative estimate of drug-likeness (QED) is 0.800. The number of sulfonamides is 1. The molecule has 1 unspecified atom stereocenters. The first-order valence-electron chi connectivity index (χ1n) is 5.04. The lowest BCUT2D eigenvalue weighted by Crippen LogP contribution is -2.33. The summed E-state index contributed by atoms with van der Waals surface area (Å²) in [5.74, 6) is 0. The fourth-order valence-corrected chi connectivity index (χ4v) is 2.31. The van der Waals surface area contributed by atoms with Crippen LogP contribution in [0.2, 0.25) is 0 Å². The van der Waals surface area contributed by atoms with Crippen LogP contribution >= 0.6 is 0 Å². The molecule has 0 aliphatic rings. The summed E-state index contributed by atoms with van der Waals surface area (Å²) in [5, 5.41) is 2.36. The Balaban J connectivity index is 2.80. The largest absolute Gasteiger partial charge is 0.318 e. The molecule has 0 amide bonds. The zero-order valence-corrected chi connectivity index (χ0v) is 10.5. The van der Waals surface area contributed by atoms with Gasteiger partial charge in [-0.2, -0.15) is 0 Å². The smallest absolute Gasteiger partial charge is 0.236 e. The summed E-state index contributed by atoms with van der Waals surface area (Å²) in [6.45, 7) is 3.89. The van der Waals surface area contributed by atoms with Crippen LogP contribution in [0.3, 0.4) is 0 Å². The Morgan fingerprint density at radius 1 is 1.50 bits per heavy atom. The number of hydrogen-bond acceptors (Lipinski definition) is 4. The third-order valence-corrected chi connectivity index (χ3v) is 3.92. The van der Waals surface area contributed by atoms with Crippen molar-refractivity contribution in [3.8, 4) is 0 Å². The maximum atomic E-state index is 11.8. The first-order valence-corrected chi connectivity index (χ1v) is 6.59. The van der Waals surface area contributed by atoms with Crippen molar-refractivity contribution in [1.29, 1.82) is 0 Å². The normalized spacial score (nSPS) is 13.4. The van der Waals surface area contributed by atoms with E-state index in [1.54, 1.807) is 32.3 Å². The lowest BCUT2D eigenvalue weighted by Gasteiger charge is -2.14. The van der Waals surface area contributed by atoms with E-state index in [0.29, 0.717) is 12.2 Å². The van der Waals surface area contributed by atoms with E-state index in [2.05, 4.69) is 15.0 Å². The predicted molar refractivity (Wildman–Crippen MR) is 64.9 cm³/mol. The summed E-state index contributed by atoms with van der Waals surface area (Å²) in [6, 6.07) is 3.33. The van der Waals surface area contributed by atoms with Crippen molar-refractivity contribution < 1.29 is 8.42 Å². The number of aromatic nitrogens is 1. The molecule has 0 aromatic carbocycles. The molecule has 1 aromatic rings. The van der Waals surface area contributed by atoms with E-state index >= 15 is 0 Å². The fourth-order valence-electron chi connectivity index (χ4n) is 1.27. The maximum Gasteiger partial charge on any atom is 0.236 e. The van der Waals surface area contributed by atoms with Gasteiger partial charge in [0.25, 0.3) is 0 Å². The van der Waals surface area contributed by atoms with Gasteiger partial charge in [-0.1, -0.05) is 0 Å². The van der Waals surface area contributed by atoms with Crippen molar-refractivity contribution in [2.24, 2.45) is 0 Å². The van der Waals surface area contributed by atoms with Gasteiger partial charge in [0.1, 0.15) is 0 Å². The minimum atomic E-state index is -3.33. The first-order chi connectivity index (χ1) is 7.45. The standard InChI is InChI=1S/C10H17N3O2S/c1-8-6-10(4-5-12-8)13-16(14,15)9(2)7-11-3/h4-6,9,11H,7H2,1-3H3,(H,12,13). The van der Waals surface area contributed by atoms with E-state index in [9.17, 15) is 8.42 Å². The van der Waals surface area contributed by atoms with Gasteiger partial charge in [-0.15, -0.1) is 0 Å². The van der Waals surface area contributed by atoms with E-state index < -0.39 is 15.3 Å². The van der Waals surface area contributed by atoms with Crippen LogP contribution in [0.15, 0.2) is 18.3 Å². The van der Waals surface area contributed by atoms with Gasteiger partial charge in [0, 0.05) is 18.4 Å². The molecule has 1 rings (SSSR count). The van der Waals surface area contributed by atoms with Crippen molar-refractivity contribution in [2.75, 3.05) is 18.3 Å². The number of nitrogens with zero attached hydrogens (tertiary/aromatic N) is 1. The summed E-state index contributed by atoms with van der Waals surface area (Å²) >= 11 is 0. The predicted octanol–water partition coefficient (Wildman–Crippen LogP) is 0.740. The topological polar surface area (TPSA) is 71.1 Å². The highest BCUT2D eigenvalue weighted by molar-refractivity contribution is 7.93. The van der Waals surface area contributed by atoms with Crippen molar-refractivity contribution in [3.05, 3.63) is 24.0 Å². The number of hydrogen-bond donors (Lipinski definition) is 2. The number of anilines is 1. The molecule has 1 heterocycles. The van der Waals surface area contributed by atoms with E-state index in [4.69, 9.17) is 0 Å². The van der Waals surface area contributed by atoms with Crippen LogP contribution in [0, 0.1) is 6.92 Å². The molecule has 6 heteroatoms. The number of rotatable bonds is 5. The van der Waals surface area contributed by atoms with Crippen LogP contribution in [0.1, 0.15) is 12.6 Å². The molecule has 16 heavy (non-hydrogen) atoms. The maximum absolute atomic E-state index is 11.8. The molecule has 0 radical (unpaired) electrons. The second-order valence-electron chi connectivity index (χ2n) is 3.70. The Labute approximate surface area is 96.3 Å². The number of aryl methyl sites for hydroxylation is 1. The molecule has 5 nitrogen and oxygen atoms in total. The Kier molecular flexibility index (Phi) is 4.26. The summed E-state index contributed by atoms with van der Waals surface area (Å²) in [7, 11) is -1.61. The van der Waals surface area contributed by atoms with E-state index in [1.165, 1.54) is 0 Å². The number of nitrogens with one attached hydrogen (secondary N) is 2. The Hall–Kier alpha value is -1.14. The SMILES string of the molecule is CNCC(C)S(=O)(=O)Nc1ccnc(C)c1. The van der Waals surface area contributed by atoms with Crippen molar-refractivity contribution in [3.63, 3.8) is 0 Å². The molecule has 0 aliphatic carbocycles. The average molecular weight is 243 g/mol. The van der Waals surface area contributed by atoms with Gasteiger partial charge < -0.3 is 5.32 Å². The van der Waals surface area contributed by atoms with Gasteiger partial charge in [0.05, 0.1) is 10.9 Å². The highest BCUT2D eigenvalue weighted by atomic mass is 32.2. The first kappa shape index (κ1) is 12.9. The fraction of sp³-hybridized carbons (Fsp3) is 0.500. The highest BCUT2D eigenvalue weighted by Crippen LogP contribution is 2.11. The van der Waals surface area contributed by atoms with Gasteiger partial charge in [0.15, 0.2) is 0 Å².